The Morgan fingerprint density at radius 2 is 2.11 bits per heavy atom. The fourth-order valence-electron chi connectivity index (χ4n) is 3.04. The van der Waals surface area contributed by atoms with Crippen molar-refractivity contribution in [3.63, 3.8) is 0 Å². The van der Waals surface area contributed by atoms with E-state index in [1.165, 1.54) is 6.20 Å². The van der Waals surface area contributed by atoms with Crippen molar-refractivity contribution in [2.75, 3.05) is 31.2 Å². The highest BCUT2D eigenvalue weighted by atomic mass is 16.5. The molecule has 1 aliphatic heterocycles. The van der Waals surface area contributed by atoms with Gasteiger partial charge in [-0.2, -0.15) is 5.10 Å². The molecular weight excluding hydrogens is 348 g/mol. The summed E-state index contributed by atoms with van der Waals surface area (Å²) in [5, 5.41) is 17.8. The van der Waals surface area contributed by atoms with Crippen LogP contribution < -0.4 is 10.2 Å². The largest absolute Gasteiger partial charge is 0.505 e. The number of morpholine rings is 1. The first-order valence-electron chi connectivity index (χ1n) is 8.69. The predicted molar refractivity (Wildman–Crippen MR) is 98.6 cm³/mol. The number of rotatable bonds is 4. The van der Waals surface area contributed by atoms with Crippen molar-refractivity contribution in [1.82, 2.24) is 25.1 Å². The molecule has 0 atom stereocenters. The maximum atomic E-state index is 12.4. The van der Waals surface area contributed by atoms with Crippen molar-refractivity contribution in [3.8, 4) is 5.75 Å². The average molecular weight is 368 g/mol. The zero-order valence-electron chi connectivity index (χ0n) is 14.9. The fraction of sp³-hybridized carbons (Fsp3) is 0.333. The van der Waals surface area contributed by atoms with Crippen molar-refractivity contribution in [2.24, 2.45) is 7.05 Å². The SMILES string of the molecule is Cn1cc(CNC(=O)c2ncc3nc(N4CCOCC4)ccc3c2O)cn1. The van der Waals surface area contributed by atoms with Gasteiger partial charge in [0.1, 0.15) is 5.82 Å². The van der Waals surface area contributed by atoms with Crippen LogP contribution in [-0.4, -0.2) is 57.1 Å². The zero-order chi connectivity index (χ0) is 18.8. The van der Waals surface area contributed by atoms with Gasteiger partial charge in [-0.3, -0.25) is 9.48 Å². The average Bonchev–Trinajstić information content (AvgIpc) is 3.12. The molecule has 4 heterocycles. The second-order valence-corrected chi connectivity index (χ2v) is 6.36. The molecule has 1 aliphatic rings. The van der Waals surface area contributed by atoms with Gasteiger partial charge in [-0.1, -0.05) is 0 Å². The van der Waals surface area contributed by atoms with Crippen LogP contribution in [-0.2, 0) is 18.3 Å². The van der Waals surface area contributed by atoms with Crippen molar-refractivity contribution >= 4 is 22.6 Å². The van der Waals surface area contributed by atoms with Crippen LogP contribution in [0.2, 0.25) is 0 Å². The number of aromatic hydroxyl groups is 1. The van der Waals surface area contributed by atoms with E-state index in [4.69, 9.17) is 4.74 Å². The molecule has 0 bridgehead atoms. The Hall–Kier alpha value is -3.20. The number of fused-ring (bicyclic) bond motifs is 1. The van der Waals surface area contributed by atoms with E-state index in [0.29, 0.717) is 30.7 Å². The van der Waals surface area contributed by atoms with E-state index >= 15 is 0 Å². The van der Waals surface area contributed by atoms with E-state index in [2.05, 4.69) is 25.3 Å². The third-order valence-electron chi connectivity index (χ3n) is 4.47. The Bertz CT molecular complexity index is 980. The number of nitrogens with zero attached hydrogens (tertiary/aromatic N) is 5. The maximum Gasteiger partial charge on any atom is 0.274 e. The minimum absolute atomic E-state index is 0.0210. The molecule has 0 aromatic carbocycles. The van der Waals surface area contributed by atoms with Crippen molar-refractivity contribution in [1.29, 1.82) is 0 Å². The summed E-state index contributed by atoms with van der Waals surface area (Å²) in [5.41, 5.74) is 1.38. The van der Waals surface area contributed by atoms with Gasteiger partial charge >= 0.3 is 0 Å². The number of ether oxygens (including phenoxy) is 1. The molecule has 1 saturated heterocycles. The molecule has 1 fully saturated rings. The van der Waals surface area contributed by atoms with Gasteiger partial charge in [0.05, 0.1) is 31.1 Å². The number of pyridine rings is 2. The summed E-state index contributed by atoms with van der Waals surface area (Å²) in [5.74, 6) is 0.188. The minimum Gasteiger partial charge on any atom is -0.505 e. The summed E-state index contributed by atoms with van der Waals surface area (Å²) in [4.78, 5) is 23.2. The molecule has 27 heavy (non-hydrogen) atoms. The summed E-state index contributed by atoms with van der Waals surface area (Å²) in [6, 6.07) is 3.60. The quantitative estimate of drug-likeness (QED) is 0.703. The predicted octanol–water partition coefficient (Wildman–Crippen LogP) is 0.835. The van der Waals surface area contributed by atoms with Crippen LogP contribution in [0.25, 0.3) is 10.9 Å². The molecule has 1 amide bonds. The highest BCUT2D eigenvalue weighted by molar-refractivity contribution is 6.00. The van der Waals surface area contributed by atoms with Crippen LogP contribution >= 0.6 is 0 Å². The van der Waals surface area contributed by atoms with Crippen LogP contribution in [0.5, 0.6) is 5.75 Å². The van der Waals surface area contributed by atoms with E-state index < -0.39 is 5.91 Å². The van der Waals surface area contributed by atoms with Gasteiger partial charge in [0.15, 0.2) is 11.4 Å². The molecule has 2 N–H and O–H groups in total. The number of amides is 1. The van der Waals surface area contributed by atoms with Crippen LogP contribution in [0.3, 0.4) is 0 Å². The van der Waals surface area contributed by atoms with Gasteiger partial charge in [0.2, 0.25) is 0 Å². The Kier molecular flexibility index (Phi) is 4.59. The maximum absolute atomic E-state index is 12.4. The first kappa shape index (κ1) is 17.2. The van der Waals surface area contributed by atoms with Crippen LogP contribution in [0.4, 0.5) is 5.82 Å². The van der Waals surface area contributed by atoms with Gasteiger partial charge in [-0.05, 0) is 12.1 Å². The van der Waals surface area contributed by atoms with Gasteiger partial charge < -0.3 is 20.1 Å². The number of hydrogen-bond acceptors (Lipinski definition) is 7. The first-order valence-corrected chi connectivity index (χ1v) is 8.69. The molecule has 3 aromatic heterocycles. The Labute approximate surface area is 155 Å². The summed E-state index contributed by atoms with van der Waals surface area (Å²) < 4.78 is 7.01. The molecule has 0 spiro atoms. The number of nitrogens with one attached hydrogen (secondary N) is 1. The second-order valence-electron chi connectivity index (χ2n) is 6.36. The fourth-order valence-corrected chi connectivity index (χ4v) is 3.04. The standard InChI is InChI=1S/C18H20N6O3/c1-23-11-12(9-21-23)8-20-18(26)16-17(25)13-2-3-15(22-14(13)10-19-16)24-4-6-27-7-5-24/h2-3,9-11,25H,4-8H2,1H3,(H,20,26). The van der Waals surface area contributed by atoms with Crippen molar-refractivity contribution in [2.45, 2.75) is 6.54 Å². The Morgan fingerprint density at radius 1 is 1.30 bits per heavy atom. The van der Waals surface area contributed by atoms with E-state index in [1.807, 2.05) is 12.3 Å². The molecule has 9 nitrogen and oxygen atoms in total. The number of carbonyl (C=O) groups is 1. The molecule has 9 heteroatoms. The first-order chi connectivity index (χ1) is 13.1. The Morgan fingerprint density at radius 3 is 2.85 bits per heavy atom. The minimum atomic E-state index is -0.449. The van der Waals surface area contributed by atoms with Crippen molar-refractivity contribution < 1.29 is 14.6 Å². The van der Waals surface area contributed by atoms with E-state index in [1.54, 1.807) is 24.0 Å². The topological polar surface area (TPSA) is 105 Å². The number of anilines is 1. The molecule has 140 valence electrons. The van der Waals surface area contributed by atoms with Gasteiger partial charge in [0, 0.05) is 43.8 Å². The lowest BCUT2D eigenvalue weighted by Gasteiger charge is -2.27. The van der Waals surface area contributed by atoms with E-state index in [0.717, 1.165) is 24.5 Å². The summed E-state index contributed by atoms with van der Waals surface area (Å²) in [7, 11) is 1.81. The molecule has 0 unspecified atom stereocenters. The summed E-state index contributed by atoms with van der Waals surface area (Å²) in [6.07, 6.45) is 4.99. The molecule has 0 aliphatic carbocycles. The number of aromatic nitrogens is 4. The molecule has 3 aromatic rings. The van der Waals surface area contributed by atoms with Crippen LogP contribution in [0.15, 0.2) is 30.7 Å². The van der Waals surface area contributed by atoms with E-state index in [9.17, 15) is 9.90 Å². The number of carbonyl (C=O) groups excluding carboxylic acids is 1. The highest BCUT2D eigenvalue weighted by Crippen LogP contribution is 2.28. The normalized spacial score (nSPS) is 14.5. The van der Waals surface area contributed by atoms with Crippen LogP contribution in [0.1, 0.15) is 16.1 Å². The lowest BCUT2D eigenvalue weighted by atomic mass is 10.2. The van der Waals surface area contributed by atoms with Gasteiger partial charge in [-0.15, -0.1) is 0 Å². The number of aryl methyl sites for hydroxylation is 1. The molecular formula is C18H20N6O3. The van der Waals surface area contributed by atoms with Crippen molar-refractivity contribution in [3.05, 3.63) is 42.0 Å². The smallest absolute Gasteiger partial charge is 0.274 e. The summed E-state index contributed by atoms with van der Waals surface area (Å²) >= 11 is 0. The monoisotopic (exact) mass is 368 g/mol. The molecule has 0 radical (unpaired) electrons. The number of hydrogen-bond donors (Lipinski definition) is 2. The zero-order valence-corrected chi connectivity index (χ0v) is 14.9. The lowest BCUT2D eigenvalue weighted by Crippen LogP contribution is -2.36. The third-order valence-corrected chi connectivity index (χ3v) is 4.47. The second kappa shape index (κ2) is 7.20. The Balaban J connectivity index is 1.55. The molecule has 0 saturated carbocycles. The molecule has 4 rings (SSSR count). The van der Waals surface area contributed by atoms with Gasteiger partial charge in [-0.25, -0.2) is 9.97 Å². The van der Waals surface area contributed by atoms with Crippen LogP contribution in [0, 0.1) is 0 Å². The lowest BCUT2D eigenvalue weighted by molar-refractivity contribution is 0.0943. The third kappa shape index (κ3) is 3.54. The van der Waals surface area contributed by atoms with Gasteiger partial charge in [0.25, 0.3) is 5.91 Å². The summed E-state index contributed by atoms with van der Waals surface area (Å²) in [6.45, 7) is 3.18. The van der Waals surface area contributed by atoms with E-state index in [-0.39, 0.29) is 11.4 Å². The highest BCUT2D eigenvalue weighted by Gasteiger charge is 2.18.